The Labute approximate surface area is 136 Å². The number of carbonyl (C=O) groups is 1. The van der Waals surface area contributed by atoms with E-state index in [0.29, 0.717) is 5.56 Å². The summed E-state index contributed by atoms with van der Waals surface area (Å²) in [4.78, 5) is 12.7. The van der Waals surface area contributed by atoms with Gasteiger partial charge in [0.2, 0.25) is 0 Å². The number of benzene rings is 2. The van der Waals surface area contributed by atoms with Crippen LogP contribution >= 0.6 is 15.9 Å². The van der Waals surface area contributed by atoms with Crippen LogP contribution in [0, 0.1) is 34.0 Å². The van der Waals surface area contributed by atoms with Crippen LogP contribution in [0.25, 0.3) is 0 Å². The summed E-state index contributed by atoms with van der Waals surface area (Å²) < 4.78 is 0.919. The maximum absolute atomic E-state index is 12.7. The molecule has 1 saturated carbocycles. The fourth-order valence-corrected chi connectivity index (χ4v) is 3.22. The molecular weight excluding hydrogens is 340 g/mol. The first-order valence-corrected chi connectivity index (χ1v) is 7.60. The molecule has 1 aliphatic rings. The summed E-state index contributed by atoms with van der Waals surface area (Å²) in [6, 6.07) is 20.4. The van der Waals surface area contributed by atoms with Crippen molar-refractivity contribution in [2.75, 3.05) is 0 Å². The van der Waals surface area contributed by atoms with E-state index in [9.17, 15) is 15.3 Å². The summed E-state index contributed by atoms with van der Waals surface area (Å²) in [5, 5.41) is 19.0. The van der Waals surface area contributed by atoms with Crippen LogP contribution in [0.2, 0.25) is 0 Å². The lowest BCUT2D eigenvalue weighted by atomic mass is 10.0. The predicted molar refractivity (Wildman–Crippen MR) is 84.8 cm³/mol. The smallest absolute Gasteiger partial charge is 0.169 e. The minimum absolute atomic E-state index is 0.142. The van der Waals surface area contributed by atoms with E-state index < -0.39 is 11.3 Å². The molecule has 1 fully saturated rings. The summed E-state index contributed by atoms with van der Waals surface area (Å²) in [7, 11) is 0. The zero-order valence-corrected chi connectivity index (χ0v) is 13.1. The van der Waals surface area contributed by atoms with Crippen molar-refractivity contribution in [2.45, 2.75) is 5.92 Å². The first-order chi connectivity index (χ1) is 10.6. The number of nitriles is 2. The van der Waals surface area contributed by atoms with Crippen molar-refractivity contribution in [3.8, 4) is 12.1 Å². The topological polar surface area (TPSA) is 64.7 Å². The van der Waals surface area contributed by atoms with E-state index >= 15 is 0 Å². The molecule has 2 atom stereocenters. The highest BCUT2D eigenvalue weighted by molar-refractivity contribution is 9.10. The zero-order valence-electron chi connectivity index (χ0n) is 11.5. The monoisotopic (exact) mass is 350 g/mol. The fourth-order valence-electron chi connectivity index (χ4n) is 2.96. The van der Waals surface area contributed by atoms with E-state index in [1.54, 1.807) is 24.3 Å². The number of rotatable bonds is 3. The lowest BCUT2D eigenvalue weighted by molar-refractivity contribution is 0.0958. The molecule has 2 aromatic carbocycles. The van der Waals surface area contributed by atoms with Crippen LogP contribution in [0.5, 0.6) is 0 Å². The van der Waals surface area contributed by atoms with E-state index in [1.807, 2.05) is 30.3 Å². The van der Waals surface area contributed by atoms with Crippen LogP contribution in [-0.2, 0) is 0 Å². The minimum atomic E-state index is -1.26. The first-order valence-electron chi connectivity index (χ1n) is 6.81. The second kappa shape index (κ2) is 5.40. The van der Waals surface area contributed by atoms with Gasteiger partial charge in [-0.2, -0.15) is 10.5 Å². The van der Waals surface area contributed by atoms with Crippen LogP contribution in [0.4, 0.5) is 0 Å². The van der Waals surface area contributed by atoms with Gasteiger partial charge in [-0.25, -0.2) is 0 Å². The van der Waals surface area contributed by atoms with E-state index in [0.717, 1.165) is 10.0 Å². The Bertz CT molecular complexity index is 786. The van der Waals surface area contributed by atoms with Gasteiger partial charge in [-0.1, -0.05) is 58.4 Å². The van der Waals surface area contributed by atoms with Crippen molar-refractivity contribution >= 4 is 21.7 Å². The summed E-state index contributed by atoms with van der Waals surface area (Å²) in [6.45, 7) is 0. The van der Waals surface area contributed by atoms with Gasteiger partial charge in [0.05, 0.1) is 18.1 Å². The average molecular weight is 351 g/mol. The van der Waals surface area contributed by atoms with E-state index in [-0.39, 0.29) is 11.7 Å². The predicted octanol–water partition coefficient (Wildman–Crippen LogP) is 4.08. The molecule has 3 rings (SSSR count). The van der Waals surface area contributed by atoms with Gasteiger partial charge < -0.3 is 0 Å². The molecular formula is C18H11BrN2O. The van der Waals surface area contributed by atoms with E-state index in [4.69, 9.17) is 0 Å². The number of Topliss-reactive ketones (excluding diaryl/α,β-unsaturated/α-hetero) is 1. The lowest BCUT2D eigenvalue weighted by Crippen LogP contribution is -2.08. The number of ketones is 1. The number of carbonyl (C=O) groups excluding carboxylic acids is 1. The quantitative estimate of drug-likeness (QED) is 0.783. The SMILES string of the molecule is N#CC1(C#N)[C@H](C(=O)c2ccccc2)[C@@H]1c1ccc(Br)cc1. The third-order valence-electron chi connectivity index (χ3n) is 4.15. The normalized spacial score (nSPS) is 21.4. The average Bonchev–Trinajstić information content (AvgIpc) is 3.25. The Morgan fingerprint density at radius 3 is 2.14 bits per heavy atom. The highest BCUT2D eigenvalue weighted by atomic mass is 79.9. The van der Waals surface area contributed by atoms with Gasteiger partial charge in [-0.3, -0.25) is 4.79 Å². The molecule has 0 bridgehead atoms. The number of hydrogen-bond acceptors (Lipinski definition) is 3. The number of hydrogen-bond donors (Lipinski definition) is 0. The van der Waals surface area contributed by atoms with E-state index in [2.05, 4.69) is 28.1 Å². The fraction of sp³-hybridized carbons (Fsp3) is 0.167. The van der Waals surface area contributed by atoms with Gasteiger partial charge in [0.25, 0.3) is 0 Å². The molecule has 1 aliphatic carbocycles. The Balaban J connectivity index is 2.00. The molecule has 0 aliphatic heterocycles. The molecule has 4 heteroatoms. The Kier molecular flexibility index (Phi) is 3.56. The Morgan fingerprint density at radius 2 is 1.59 bits per heavy atom. The van der Waals surface area contributed by atoms with Crippen LogP contribution in [-0.4, -0.2) is 5.78 Å². The molecule has 0 spiro atoms. The summed E-state index contributed by atoms with van der Waals surface area (Å²) in [5.74, 6) is -1.12. The van der Waals surface area contributed by atoms with E-state index in [1.165, 1.54) is 0 Å². The number of halogens is 1. The molecule has 0 unspecified atom stereocenters. The van der Waals surface area contributed by atoms with Gasteiger partial charge in [0, 0.05) is 16.0 Å². The van der Waals surface area contributed by atoms with Gasteiger partial charge in [-0.15, -0.1) is 0 Å². The largest absolute Gasteiger partial charge is 0.294 e. The van der Waals surface area contributed by atoms with Crippen LogP contribution in [0.1, 0.15) is 21.8 Å². The molecule has 0 aromatic heterocycles. The Hall–Kier alpha value is -2.43. The van der Waals surface area contributed by atoms with Crippen molar-refractivity contribution in [1.82, 2.24) is 0 Å². The van der Waals surface area contributed by atoms with Gasteiger partial charge in [0.1, 0.15) is 0 Å². The second-order valence-corrected chi connectivity index (χ2v) is 6.25. The van der Waals surface area contributed by atoms with Crippen LogP contribution < -0.4 is 0 Å². The van der Waals surface area contributed by atoms with Crippen molar-refractivity contribution in [3.63, 3.8) is 0 Å². The lowest BCUT2D eigenvalue weighted by Gasteiger charge is -2.00. The third-order valence-corrected chi connectivity index (χ3v) is 4.67. The molecule has 3 nitrogen and oxygen atoms in total. The molecule has 0 heterocycles. The van der Waals surface area contributed by atoms with Crippen LogP contribution in [0.15, 0.2) is 59.1 Å². The standard InChI is InChI=1S/C18H11BrN2O/c19-14-8-6-12(7-9-14)15-16(18(15,10-20)11-21)17(22)13-4-2-1-3-5-13/h1-9,15-16H/t15-,16-/m0/s1. The molecule has 0 amide bonds. The molecule has 106 valence electrons. The number of nitrogens with zero attached hydrogens (tertiary/aromatic N) is 2. The summed E-state index contributed by atoms with van der Waals surface area (Å²) in [6.07, 6.45) is 0. The van der Waals surface area contributed by atoms with Gasteiger partial charge in [-0.05, 0) is 17.7 Å². The van der Waals surface area contributed by atoms with Crippen molar-refractivity contribution in [3.05, 3.63) is 70.2 Å². The Morgan fingerprint density at radius 1 is 1.00 bits per heavy atom. The molecule has 22 heavy (non-hydrogen) atoms. The first kappa shape index (κ1) is 14.5. The summed E-state index contributed by atoms with van der Waals surface area (Å²) in [5.41, 5.74) is 0.128. The molecule has 0 saturated heterocycles. The van der Waals surface area contributed by atoms with Crippen molar-refractivity contribution in [1.29, 1.82) is 10.5 Å². The highest BCUT2D eigenvalue weighted by Crippen LogP contribution is 2.65. The minimum Gasteiger partial charge on any atom is -0.294 e. The third kappa shape index (κ3) is 2.13. The zero-order chi connectivity index (χ0) is 15.7. The summed E-state index contributed by atoms with van der Waals surface area (Å²) >= 11 is 3.36. The van der Waals surface area contributed by atoms with Crippen molar-refractivity contribution in [2.24, 2.45) is 11.3 Å². The van der Waals surface area contributed by atoms with Crippen molar-refractivity contribution < 1.29 is 4.79 Å². The highest BCUT2D eigenvalue weighted by Gasteiger charge is 2.70. The molecule has 0 radical (unpaired) electrons. The van der Waals surface area contributed by atoms with Crippen LogP contribution in [0.3, 0.4) is 0 Å². The maximum Gasteiger partial charge on any atom is 0.169 e. The molecule has 0 N–H and O–H groups in total. The van der Waals surface area contributed by atoms with Gasteiger partial charge >= 0.3 is 0 Å². The maximum atomic E-state index is 12.7. The molecule has 2 aromatic rings. The van der Waals surface area contributed by atoms with Gasteiger partial charge in [0.15, 0.2) is 11.2 Å². The second-order valence-electron chi connectivity index (χ2n) is 5.33.